The molecule has 1 aliphatic carbocycles. The topological polar surface area (TPSA) is 75.1 Å². The fraction of sp³-hybridized carbons (Fsp3) is 0.429. The van der Waals surface area contributed by atoms with Crippen molar-refractivity contribution in [2.45, 2.75) is 32.2 Å². The molecule has 2 N–H and O–H groups in total. The first-order valence-electron chi connectivity index (χ1n) is 6.40. The van der Waals surface area contributed by atoms with Gasteiger partial charge in [0.15, 0.2) is 0 Å². The van der Waals surface area contributed by atoms with Crippen LogP contribution in [0.1, 0.15) is 37.0 Å². The molecule has 2 aromatic rings. The number of H-pyrrole nitrogens is 1. The summed E-state index contributed by atoms with van der Waals surface area (Å²) < 4.78 is 1.61. The molecule has 0 spiro atoms. The molecular weight excluding hydrogens is 244 g/mol. The lowest BCUT2D eigenvalue weighted by Crippen LogP contribution is -2.37. The standard InChI is InChI=1S/C14H16N2O3/c1-14(2,8-6-7-8)16-11-9(12(17)18)4-3-5-10(11)15-13(16)19/h3-5,8H,6-7H2,1-2H3,(H,15,19)(H,17,18). The highest BCUT2D eigenvalue weighted by molar-refractivity contribution is 6.01. The first-order chi connectivity index (χ1) is 8.93. The molecular formula is C14H16N2O3. The lowest BCUT2D eigenvalue weighted by atomic mass is 9.97. The Morgan fingerprint density at radius 1 is 1.42 bits per heavy atom. The molecule has 1 fully saturated rings. The lowest BCUT2D eigenvalue weighted by Gasteiger charge is -2.26. The average Bonchev–Trinajstić information content (AvgIpc) is 3.10. The van der Waals surface area contributed by atoms with Gasteiger partial charge in [-0.05, 0) is 44.7 Å². The van der Waals surface area contributed by atoms with Crippen LogP contribution in [0.2, 0.25) is 0 Å². The minimum atomic E-state index is -1.01. The van der Waals surface area contributed by atoms with Gasteiger partial charge in [0.2, 0.25) is 0 Å². The number of carboxylic acid groups (broad SMARTS) is 1. The number of benzene rings is 1. The van der Waals surface area contributed by atoms with Crippen LogP contribution in [0.25, 0.3) is 11.0 Å². The van der Waals surface area contributed by atoms with Crippen molar-refractivity contribution in [1.82, 2.24) is 9.55 Å². The molecule has 0 unspecified atom stereocenters. The molecule has 5 nitrogen and oxygen atoms in total. The van der Waals surface area contributed by atoms with Gasteiger partial charge in [-0.15, -0.1) is 0 Å². The number of hydrogen-bond acceptors (Lipinski definition) is 2. The SMILES string of the molecule is CC(C)(C1CC1)n1c(=O)[nH]c2cccc(C(=O)O)c21. The molecule has 0 atom stereocenters. The van der Waals surface area contributed by atoms with Gasteiger partial charge in [-0.1, -0.05) is 6.07 Å². The summed E-state index contributed by atoms with van der Waals surface area (Å²) in [5, 5.41) is 9.31. The molecule has 1 saturated carbocycles. The number of carbonyl (C=O) groups is 1. The summed E-state index contributed by atoms with van der Waals surface area (Å²) in [5.74, 6) is -0.573. The third-order valence-electron chi connectivity index (χ3n) is 4.09. The molecule has 0 radical (unpaired) electrons. The van der Waals surface area contributed by atoms with Crippen LogP contribution in [-0.2, 0) is 5.54 Å². The summed E-state index contributed by atoms with van der Waals surface area (Å²) in [7, 11) is 0. The van der Waals surface area contributed by atoms with E-state index in [0.29, 0.717) is 17.0 Å². The summed E-state index contributed by atoms with van der Waals surface area (Å²) in [6.45, 7) is 4.00. The number of fused-ring (bicyclic) bond motifs is 1. The number of aromatic amines is 1. The molecule has 3 rings (SSSR count). The molecule has 1 aromatic heterocycles. The predicted molar refractivity (Wildman–Crippen MR) is 71.6 cm³/mol. The van der Waals surface area contributed by atoms with E-state index < -0.39 is 5.97 Å². The largest absolute Gasteiger partial charge is 0.478 e. The highest BCUT2D eigenvalue weighted by atomic mass is 16.4. The summed E-state index contributed by atoms with van der Waals surface area (Å²) in [6, 6.07) is 4.93. The fourth-order valence-electron chi connectivity index (χ4n) is 2.85. The Morgan fingerprint density at radius 2 is 2.11 bits per heavy atom. The van der Waals surface area contributed by atoms with Crippen molar-refractivity contribution >= 4 is 17.0 Å². The van der Waals surface area contributed by atoms with E-state index in [1.807, 2.05) is 13.8 Å². The lowest BCUT2D eigenvalue weighted by molar-refractivity contribution is 0.0698. The summed E-state index contributed by atoms with van der Waals surface area (Å²) in [6.07, 6.45) is 2.17. The molecule has 1 aliphatic rings. The summed E-state index contributed by atoms with van der Waals surface area (Å²) in [5.41, 5.74) is 0.654. The maximum Gasteiger partial charge on any atom is 0.337 e. The molecule has 0 amide bonds. The van der Waals surface area contributed by atoms with E-state index >= 15 is 0 Å². The number of nitrogens with zero attached hydrogens (tertiary/aromatic N) is 1. The second kappa shape index (κ2) is 3.73. The Kier molecular flexibility index (Phi) is 2.36. The number of aromatic nitrogens is 2. The van der Waals surface area contributed by atoms with Crippen molar-refractivity contribution in [3.63, 3.8) is 0 Å². The van der Waals surface area contributed by atoms with Crippen LogP contribution in [0.4, 0.5) is 0 Å². The quantitative estimate of drug-likeness (QED) is 0.888. The van der Waals surface area contributed by atoms with E-state index in [2.05, 4.69) is 4.98 Å². The molecule has 0 saturated heterocycles. The predicted octanol–water partition coefficient (Wildman–Crippen LogP) is 2.17. The van der Waals surface area contributed by atoms with Gasteiger partial charge in [-0.25, -0.2) is 9.59 Å². The normalized spacial score (nSPS) is 15.9. The van der Waals surface area contributed by atoms with Crippen molar-refractivity contribution < 1.29 is 9.90 Å². The van der Waals surface area contributed by atoms with Gasteiger partial charge < -0.3 is 10.1 Å². The Morgan fingerprint density at radius 3 is 2.68 bits per heavy atom. The first-order valence-corrected chi connectivity index (χ1v) is 6.40. The minimum Gasteiger partial charge on any atom is -0.478 e. The second-order valence-electron chi connectivity index (χ2n) is 5.70. The van der Waals surface area contributed by atoms with E-state index in [4.69, 9.17) is 0 Å². The van der Waals surface area contributed by atoms with Crippen molar-refractivity contribution in [3.8, 4) is 0 Å². The van der Waals surface area contributed by atoms with E-state index in [1.165, 1.54) is 6.07 Å². The number of imidazole rings is 1. The van der Waals surface area contributed by atoms with Crippen molar-refractivity contribution in [3.05, 3.63) is 34.2 Å². The zero-order valence-corrected chi connectivity index (χ0v) is 10.9. The number of para-hydroxylation sites is 1. The molecule has 0 aliphatic heterocycles. The van der Waals surface area contributed by atoms with Crippen molar-refractivity contribution in [1.29, 1.82) is 0 Å². The van der Waals surface area contributed by atoms with Gasteiger partial charge in [-0.2, -0.15) is 0 Å². The van der Waals surface area contributed by atoms with Crippen LogP contribution in [0.3, 0.4) is 0 Å². The van der Waals surface area contributed by atoms with Gasteiger partial charge in [0.25, 0.3) is 0 Å². The Labute approximate surface area is 109 Å². The van der Waals surface area contributed by atoms with Crippen LogP contribution in [0, 0.1) is 5.92 Å². The third kappa shape index (κ3) is 1.69. The Bertz CT molecular complexity index is 720. The fourth-order valence-corrected chi connectivity index (χ4v) is 2.85. The zero-order valence-electron chi connectivity index (χ0n) is 10.9. The van der Waals surface area contributed by atoms with Crippen LogP contribution in [-0.4, -0.2) is 20.6 Å². The molecule has 1 aromatic carbocycles. The molecule has 0 bridgehead atoms. The molecule has 5 heteroatoms. The highest BCUT2D eigenvalue weighted by Gasteiger charge is 2.41. The monoisotopic (exact) mass is 260 g/mol. The van der Waals surface area contributed by atoms with Gasteiger partial charge in [0.05, 0.1) is 16.6 Å². The molecule has 1 heterocycles. The minimum absolute atomic E-state index is 0.171. The number of rotatable bonds is 3. The van der Waals surface area contributed by atoms with E-state index in [0.717, 1.165) is 12.8 Å². The van der Waals surface area contributed by atoms with Crippen molar-refractivity contribution in [2.24, 2.45) is 5.92 Å². The zero-order chi connectivity index (χ0) is 13.8. The van der Waals surface area contributed by atoms with Crippen LogP contribution in [0.5, 0.6) is 0 Å². The van der Waals surface area contributed by atoms with E-state index in [-0.39, 0.29) is 16.8 Å². The maximum absolute atomic E-state index is 12.2. The smallest absolute Gasteiger partial charge is 0.337 e. The van der Waals surface area contributed by atoms with E-state index in [9.17, 15) is 14.7 Å². The Hall–Kier alpha value is -2.04. The van der Waals surface area contributed by atoms with E-state index in [1.54, 1.807) is 16.7 Å². The van der Waals surface area contributed by atoms with Crippen LogP contribution in [0.15, 0.2) is 23.0 Å². The third-order valence-corrected chi connectivity index (χ3v) is 4.09. The summed E-state index contributed by atoms with van der Waals surface area (Å²) in [4.78, 5) is 26.3. The average molecular weight is 260 g/mol. The summed E-state index contributed by atoms with van der Waals surface area (Å²) >= 11 is 0. The van der Waals surface area contributed by atoms with Gasteiger partial charge in [-0.3, -0.25) is 4.57 Å². The number of nitrogens with one attached hydrogen (secondary N) is 1. The van der Waals surface area contributed by atoms with Crippen LogP contribution >= 0.6 is 0 Å². The maximum atomic E-state index is 12.2. The number of aromatic carboxylic acids is 1. The van der Waals surface area contributed by atoms with Crippen molar-refractivity contribution in [2.75, 3.05) is 0 Å². The molecule has 100 valence electrons. The number of hydrogen-bond donors (Lipinski definition) is 2. The van der Waals surface area contributed by atoms with Gasteiger partial charge in [0, 0.05) is 5.54 Å². The Balaban J connectivity index is 2.38. The molecule has 19 heavy (non-hydrogen) atoms. The van der Waals surface area contributed by atoms with Gasteiger partial charge >= 0.3 is 11.7 Å². The number of carboxylic acids is 1. The highest BCUT2D eigenvalue weighted by Crippen LogP contribution is 2.44. The van der Waals surface area contributed by atoms with Crippen LogP contribution < -0.4 is 5.69 Å². The first kappa shape index (κ1) is 12.0. The second-order valence-corrected chi connectivity index (χ2v) is 5.70. The van der Waals surface area contributed by atoms with Gasteiger partial charge in [0.1, 0.15) is 0 Å².